The van der Waals surface area contributed by atoms with E-state index in [-0.39, 0.29) is 5.91 Å². The zero-order valence-electron chi connectivity index (χ0n) is 12.5. The summed E-state index contributed by atoms with van der Waals surface area (Å²) in [6.45, 7) is 0.644. The van der Waals surface area contributed by atoms with Crippen molar-refractivity contribution in [1.29, 1.82) is 0 Å². The summed E-state index contributed by atoms with van der Waals surface area (Å²) < 4.78 is 5.09. The molecule has 0 radical (unpaired) electrons. The average molecular weight is 313 g/mol. The van der Waals surface area contributed by atoms with Gasteiger partial charge in [0, 0.05) is 23.3 Å². The lowest BCUT2D eigenvalue weighted by molar-refractivity contribution is -0.116. The highest BCUT2D eigenvalue weighted by atomic mass is 32.2. The van der Waals surface area contributed by atoms with Crippen LogP contribution in [0.1, 0.15) is 5.56 Å². The van der Waals surface area contributed by atoms with Crippen molar-refractivity contribution in [2.45, 2.75) is 4.90 Å². The number of rotatable bonds is 7. The first-order chi connectivity index (χ1) is 10.8. The van der Waals surface area contributed by atoms with Crippen LogP contribution >= 0.6 is 11.8 Å². The molecule has 0 saturated carbocycles. The first-order valence-electron chi connectivity index (χ1n) is 7.06. The molecule has 2 aromatic rings. The van der Waals surface area contributed by atoms with Gasteiger partial charge in [0.1, 0.15) is 5.75 Å². The van der Waals surface area contributed by atoms with Crippen LogP contribution in [-0.4, -0.2) is 25.3 Å². The fraction of sp³-hybridized carbons (Fsp3) is 0.167. The number of hydrogen-bond donors (Lipinski definition) is 1. The summed E-state index contributed by atoms with van der Waals surface area (Å²) >= 11 is 1.73. The van der Waals surface area contributed by atoms with Gasteiger partial charge in [-0.25, -0.2) is 0 Å². The molecule has 0 aliphatic rings. The van der Waals surface area contributed by atoms with Gasteiger partial charge in [-0.1, -0.05) is 30.3 Å². The fourth-order valence-electron chi connectivity index (χ4n) is 1.81. The van der Waals surface area contributed by atoms with Crippen LogP contribution in [0.3, 0.4) is 0 Å². The summed E-state index contributed by atoms with van der Waals surface area (Å²) in [6, 6.07) is 17.7. The smallest absolute Gasteiger partial charge is 0.244 e. The van der Waals surface area contributed by atoms with E-state index in [0.717, 1.165) is 17.1 Å². The monoisotopic (exact) mass is 313 g/mol. The van der Waals surface area contributed by atoms with Crippen LogP contribution in [-0.2, 0) is 4.79 Å². The van der Waals surface area contributed by atoms with Gasteiger partial charge >= 0.3 is 0 Å². The summed E-state index contributed by atoms with van der Waals surface area (Å²) in [5.74, 6) is 1.58. The molecule has 1 amide bonds. The highest BCUT2D eigenvalue weighted by Gasteiger charge is 1.97. The Morgan fingerprint density at radius 2 is 1.86 bits per heavy atom. The number of carbonyl (C=O) groups excluding carboxylic acids is 1. The molecule has 0 aromatic heterocycles. The SMILES string of the molecule is COc1ccc(C=CC(=O)NCCSc2ccccc2)cc1. The molecule has 22 heavy (non-hydrogen) atoms. The third kappa shape index (κ3) is 5.66. The second-order valence-corrected chi connectivity index (χ2v) is 5.73. The Kier molecular flexibility index (Phi) is 6.58. The van der Waals surface area contributed by atoms with E-state index in [0.29, 0.717) is 6.54 Å². The van der Waals surface area contributed by atoms with Gasteiger partial charge in [-0.15, -0.1) is 11.8 Å². The van der Waals surface area contributed by atoms with Crippen molar-refractivity contribution in [2.24, 2.45) is 0 Å². The van der Waals surface area contributed by atoms with Crippen LogP contribution in [0.5, 0.6) is 5.75 Å². The topological polar surface area (TPSA) is 38.3 Å². The van der Waals surface area contributed by atoms with Crippen molar-refractivity contribution in [2.75, 3.05) is 19.4 Å². The standard InChI is InChI=1S/C18H19NO2S/c1-21-16-10-7-15(8-11-16)9-12-18(20)19-13-14-22-17-5-3-2-4-6-17/h2-12H,13-14H2,1H3,(H,19,20). The predicted molar refractivity (Wildman–Crippen MR) is 92.2 cm³/mol. The number of nitrogens with one attached hydrogen (secondary N) is 1. The summed E-state index contributed by atoms with van der Waals surface area (Å²) in [6.07, 6.45) is 3.34. The van der Waals surface area contributed by atoms with E-state index in [2.05, 4.69) is 17.4 Å². The van der Waals surface area contributed by atoms with Crippen LogP contribution < -0.4 is 10.1 Å². The van der Waals surface area contributed by atoms with Gasteiger partial charge < -0.3 is 10.1 Å². The Morgan fingerprint density at radius 3 is 2.55 bits per heavy atom. The third-order valence-corrected chi connectivity index (χ3v) is 3.97. The second-order valence-electron chi connectivity index (χ2n) is 4.56. The highest BCUT2D eigenvalue weighted by Crippen LogP contribution is 2.15. The molecule has 0 unspecified atom stereocenters. The minimum atomic E-state index is -0.0792. The maximum atomic E-state index is 11.7. The molecule has 2 rings (SSSR count). The molecule has 0 heterocycles. The lowest BCUT2D eigenvalue weighted by Crippen LogP contribution is -2.23. The van der Waals surface area contributed by atoms with Gasteiger partial charge in [-0.3, -0.25) is 4.79 Å². The average Bonchev–Trinajstić information content (AvgIpc) is 2.58. The first kappa shape index (κ1) is 16.2. The van der Waals surface area contributed by atoms with Gasteiger partial charge in [-0.05, 0) is 35.9 Å². The largest absolute Gasteiger partial charge is 0.497 e. The number of hydrogen-bond acceptors (Lipinski definition) is 3. The molecule has 3 nitrogen and oxygen atoms in total. The van der Waals surface area contributed by atoms with Gasteiger partial charge in [0.2, 0.25) is 5.91 Å². The molecule has 114 valence electrons. The molecule has 2 aromatic carbocycles. The molecule has 0 aliphatic heterocycles. The van der Waals surface area contributed by atoms with E-state index in [1.807, 2.05) is 42.5 Å². The van der Waals surface area contributed by atoms with E-state index >= 15 is 0 Å². The minimum Gasteiger partial charge on any atom is -0.497 e. The molecule has 1 N–H and O–H groups in total. The zero-order valence-corrected chi connectivity index (χ0v) is 13.3. The maximum absolute atomic E-state index is 11.7. The number of carbonyl (C=O) groups is 1. The zero-order chi connectivity index (χ0) is 15.6. The number of benzene rings is 2. The lowest BCUT2D eigenvalue weighted by Gasteiger charge is -2.03. The highest BCUT2D eigenvalue weighted by molar-refractivity contribution is 7.99. The molecule has 0 spiro atoms. The van der Waals surface area contributed by atoms with E-state index < -0.39 is 0 Å². The van der Waals surface area contributed by atoms with Crippen LogP contribution in [0.15, 0.2) is 65.6 Å². The summed E-state index contributed by atoms with van der Waals surface area (Å²) in [4.78, 5) is 12.9. The Labute approximate surface area is 135 Å². The van der Waals surface area contributed by atoms with Gasteiger partial charge in [0.05, 0.1) is 7.11 Å². The molecule has 4 heteroatoms. The summed E-state index contributed by atoms with van der Waals surface area (Å²) in [7, 11) is 1.63. The molecule has 0 bridgehead atoms. The van der Waals surface area contributed by atoms with E-state index in [1.165, 1.54) is 4.90 Å². The van der Waals surface area contributed by atoms with E-state index in [9.17, 15) is 4.79 Å². The maximum Gasteiger partial charge on any atom is 0.244 e. The van der Waals surface area contributed by atoms with Crippen molar-refractivity contribution in [3.05, 3.63) is 66.2 Å². The molecular formula is C18H19NO2S. The quantitative estimate of drug-likeness (QED) is 0.482. The van der Waals surface area contributed by atoms with Gasteiger partial charge in [-0.2, -0.15) is 0 Å². The Hall–Kier alpha value is -2.20. The minimum absolute atomic E-state index is 0.0792. The van der Waals surface area contributed by atoms with Crippen molar-refractivity contribution < 1.29 is 9.53 Å². The Bertz CT molecular complexity index is 609. The predicted octanol–water partition coefficient (Wildman–Crippen LogP) is 3.62. The van der Waals surface area contributed by atoms with Crippen molar-refractivity contribution >= 4 is 23.7 Å². The third-order valence-electron chi connectivity index (χ3n) is 2.96. The van der Waals surface area contributed by atoms with Crippen LogP contribution in [0, 0.1) is 0 Å². The summed E-state index contributed by atoms with van der Waals surface area (Å²) in [5, 5.41) is 2.87. The second kappa shape index (κ2) is 8.95. The molecule has 0 fully saturated rings. The van der Waals surface area contributed by atoms with Crippen LogP contribution in [0.25, 0.3) is 6.08 Å². The normalized spacial score (nSPS) is 10.6. The number of ether oxygens (including phenoxy) is 1. The number of methoxy groups -OCH3 is 1. The van der Waals surface area contributed by atoms with Crippen molar-refractivity contribution in [3.8, 4) is 5.75 Å². The Balaban J connectivity index is 1.69. The molecule has 0 saturated heterocycles. The lowest BCUT2D eigenvalue weighted by atomic mass is 10.2. The van der Waals surface area contributed by atoms with Gasteiger partial charge in [0.25, 0.3) is 0 Å². The molecule has 0 atom stereocenters. The molecular weight excluding hydrogens is 294 g/mol. The first-order valence-corrected chi connectivity index (χ1v) is 8.04. The number of thioether (sulfide) groups is 1. The fourth-order valence-corrected chi connectivity index (χ4v) is 2.60. The molecule has 0 aliphatic carbocycles. The van der Waals surface area contributed by atoms with Gasteiger partial charge in [0.15, 0.2) is 0 Å². The van der Waals surface area contributed by atoms with Crippen LogP contribution in [0.2, 0.25) is 0 Å². The van der Waals surface area contributed by atoms with E-state index in [4.69, 9.17) is 4.74 Å². The Morgan fingerprint density at radius 1 is 1.14 bits per heavy atom. The summed E-state index contributed by atoms with van der Waals surface area (Å²) in [5.41, 5.74) is 0.967. The number of amides is 1. The van der Waals surface area contributed by atoms with E-state index in [1.54, 1.807) is 31.0 Å². The van der Waals surface area contributed by atoms with Crippen molar-refractivity contribution in [1.82, 2.24) is 5.32 Å². The van der Waals surface area contributed by atoms with Crippen LogP contribution in [0.4, 0.5) is 0 Å². The van der Waals surface area contributed by atoms with Crippen molar-refractivity contribution in [3.63, 3.8) is 0 Å².